The predicted molar refractivity (Wildman–Crippen MR) is 71.9 cm³/mol. The summed E-state index contributed by atoms with van der Waals surface area (Å²) in [7, 11) is 1.94. The van der Waals surface area contributed by atoms with Gasteiger partial charge in [0.25, 0.3) is 0 Å². The number of likely N-dealkylation sites (N-methyl/N-ethyl adjacent to an activating group) is 1. The van der Waals surface area contributed by atoms with Crippen molar-refractivity contribution in [3.8, 4) is 0 Å². The van der Waals surface area contributed by atoms with Crippen molar-refractivity contribution in [2.24, 2.45) is 11.7 Å². The van der Waals surface area contributed by atoms with Crippen LogP contribution in [0.5, 0.6) is 0 Å². The van der Waals surface area contributed by atoms with Crippen LogP contribution in [0.25, 0.3) is 0 Å². The molecule has 3 unspecified atom stereocenters. The fourth-order valence-electron chi connectivity index (χ4n) is 3.35. The van der Waals surface area contributed by atoms with Crippen LogP contribution >= 0.6 is 0 Å². The molecule has 0 aliphatic heterocycles. The van der Waals surface area contributed by atoms with Gasteiger partial charge >= 0.3 is 6.18 Å². The summed E-state index contributed by atoms with van der Waals surface area (Å²) in [4.78, 5) is 2.11. The van der Waals surface area contributed by atoms with Gasteiger partial charge in [-0.25, -0.2) is 0 Å². The smallest absolute Gasteiger partial charge is 0.329 e. The Kier molecular flexibility index (Phi) is 5.68. The lowest BCUT2D eigenvalue weighted by atomic mass is 9.73. The summed E-state index contributed by atoms with van der Waals surface area (Å²) in [5.74, 6) is -1.19. The Balaban J connectivity index is 2.84. The van der Waals surface area contributed by atoms with E-state index in [1.54, 1.807) is 0 Å². The summed E-state index contributed by atoms with van der Waals surface area (Å²) >= 11 is 0. The molecular weight excluding hydrogens is 253 g/mol. The van der Waals surface area contributed by atoms with Crippen molar-refractivity contribution in [2.45, 2.75) is 70.1 Å². The molecule has 0 radical (unpaired) electrons. The van der Waals surface area contributed by atoms with Crippen molar-refractivity contribution >= 4 is 0 Å². The second-order valence-corrected chi connectivity index (χ2v) is 6.01. The molecular formula is C14H27F3N2. The summed E-state index contributed by atoms with van der Waals surface area (Å²) in [6.07, 6.45) is -0.260. The van der Waals surface area contributed by atoms with Crippen LogP contribution in [0.2, 0.25) is 0 Å². The average molecular weight is 280 g/mol. The lowest BCUT2D eigenvalue weighted by molar-refractivity contribution is -0.194. The molecule has 1 aliphatic carbocycles. The maximum Gasteiger partial charge on any atom is 0.391 e. The highest BCUT2D eigenvalue weighted by molar-refractivity contribution is 4.98. The predicted octanol–water partition coefficient (Wildman–Crippen LogP) is 3.56. The molecule has 19 heavy (non-hydrogen) atoms. The summed E-state index contributed by atoms with van der Waals surface area (Å²) in [6, 6.07) is 0.278. The zero-order chi connectivity index (χ0) is 14.7. The number of nitrogens with two attached hydrogens (primary N) is 1. The Hall–Kier alpha value is -0.290. The highest BCUT2D eigenvalue weighted by atomic mass is 19.4. The molecule has 1 rings (SSSR count). The van der Waals surface area contributed by atoms with Gasteiger partial charge in [0.2, 0.25) is 0 Å². The number of alkyl halides is 3. The third kappa shape index (κ3) is 3.85. The first kappa shape index (κ1) is 16.8. The number of halogens is 3. The molecule has 0 aromatic heterocycles. The van der Waals surface area contributed by atoms with Crippen LogP contribution in [0.1, 0.15) is 52.4 Å². The topological polar surface area (TPSA) is 29.3 Å². The molecule has 0 bridgehead atoms. The van der Waals surface area contributed by atoms with Gasteiger partial charge < -0.3 is 5.73 Å². The van der Waals surface area contributed by atoms with Crippen LogP contribution in [0, 0.1) is 5.92 Å². The van der Waals surface area contributed by atoms with E-state index in [0.717, 1.165) is 19.3 Å². The van der Waals surface area contributed by atoms with Crippen molar-refractivity contribution < 1.29 is 13.2 Å². The van der Waals surface area contributed by atoms with Gasteiger partial charge in [-0.3, -0.25) is 4.90 Å². The quantitative estimate of drug-likeness (QED) is 0.834. The Morgan fingerprint density at radius 3 is 2.53 bits per heavy atom. The van der Waals surface area contributed by atoms with E-state index < -0.39 is 17.6 Å². The zero-order valence-corrected chi connectivity index (χ0v) is 12.3. The van der Waals surface area contributed by atoms with Gasteiger partial charge in [-0.15, -0.1) is 0 Å². The number of hydrogen-bond donors (Lipinski definition) is 1. The normalized spacial score (nSPS) is 30.6. The lowest BCUT2D eigenvalue weighted by Crippen LogP contribution is -2.58. The van der Waals surface area contributed by atoms with E-state index in [1.165, 1.54) is 0 Å². The maximum absolute atomic E-state index is 13.0. The fourth-order valence-corrected chi connectivity index (χ4v) is 3.35. The van der Waals surface area contributed by atoms with Crippen molar-refractivity contribution in [2.75, 3.05) is 13.6 Å². The van der Waals surface area contributed by atoms with Gasteiger partial charge in [0.05, 0.1) is 5.92 Å². The van der Waals surface area contributed by atoms with E-state index in [1.807, 2.05) is 7.05 Å². The van der Waals surface area contributed by atoms with E-state index >= 15 is 0 Å². The minimum atomic E-state index is -4.09. The Labute approximate surface area is 114 Å². The molecule has 0 aromatic rings. The van der Waals surface area contributed by atoms with Crippen LogP contribution in [0.3, 0.4) is 0 Å². The van der Waals surface area contributed by atoms with E-state index in [9.17, 15) is 13.2 Å². The molecule has 3 atom stereocenters. The zero-order valence-electron chi connectivity index (χ0n) is 12.3. The van der Waals surface area contributed by atoms with Gasteiger partial charge in [0.1, 0.15) is 0 Å². The van der Waals surface area contributed by atoms with Crippen LogP contribution in [-0.2, 0) is 0 Å². The van der Waals surface area contributed by atoms with Gasteiger partial charge in [0.15, 0.2) is 0 Å². The largest absolute Gasteiger partial charge is 0.391 e. The number of rotatable bonds is 5. The van der Waals surface area contributed by atoms with Crippen molar-refractivity contribution in [1.29, 1.82) is 0 Å². The first-order valence-corrected chi connectivity index (χ1v) is 7.26. The van der Waals surface area contributed by atoms with Crippen LogP contribution in [0.4, 0.5) is 13.2 Å². The Bertz CT molecular complexity index is 280. The van der Waals surface area contributed by atoms with Crippen LogP contribution in [-0.4, -0.2) is 36.2 Å². The number of nitrogens with zero attached hydrogens (tertiary/aromatic N) is 1. The molecule has 0 spiro atoms. The van der Waals surface area contributed by atoms with Crippen molar-refractivity contribution in [1.82, 2.24) is 4.90 Å². The summed E-state index contributed by atoms with van der Waals surface area (Å²) in [5, 5.41) is 0. The van der Waals surface area contributed by atoms with E-state index in [0.29, 0.717) is 13.0 Å². The highest BCUT2D eigenvalue weighted by Crippen LogP contribution is 2.44. The van der Waals surface area contributed by atoms with Gasteiger partial charge in [-0.1, -0.05) is 19.8 Å². The molecule has 1 fully saturated rings. The monoisotopic (exact) mass is 280 g/mol. The number of hydrogen-bond acceptors (Lipinski definition) is 2. The minimum Gasteiger partial charge on any atom is -0.329 e. The highest BCUT2D eigenvalue weighted by Gasteiger charge is 2.49. The molecule has 2 N–H and O–H groups in total. The van der Waals surface area contributed by atoms with Gasteiger partial charge in [-0.2, -0.15) is 13.2 Å². The summed E-state index contributed by atoms with van der Waals surface area (Å²) in [6.45, 7) is 4.49. The molecule has 0 heterocycles. The standard InChI is InChI=1S/C14H27F3N2/c1-4-6-11(2)19(3)13(10-18)8-5-7-12(9-13)14(15,16)17/h11-12H,4-10,18H2,1-3H3. The van der Waals surface area contributed by atoms with Gasteiger partial charge in [-0.05, 0) is 39.7 Å². The molecule has 1 saturated carbocycles. The minimum absolute atomic E-state index is 0.150. The van der Waals surface area contributed by atoms with E-state index in [4.69, 9.17) is 5.73 Å². The Morgan fingerprint density at radius 1 is 1.42 bits per heavy atom. The summed E-state index contributed by atoms with van der Waals surface area (Å²) in [5.41, 5.74) is 5.39. The van der Waals surface area contributed by atoms with E-state index in [-0.39, 0.29) is 18.9 Å². The van der Waals surface area contributed by atoms with Crippen molar-refractivity contribution in [3.05, 3.63) is 0 Å². The van der Waals surface area contributed by atoms with Crippen LogP contribution < -0.4 is 5.73 Å². The molecule has 0 aromatic carbocycles. The molecule has 0 amide bonds. The first-order chi connectivity index (χ1) is 8.77. The SMILES string of the molecule is CCCC(C)N(C)C1(CN)CCCC(C(F)(F)F)C1. The van der Waals surface area contributed by atoms with Crippen molar-refractivity contribution in [3.63, 3.8) is 0 Å². The van der Waals surface area contributed by atoms with Crippen LogP contribution in [0.15, 0.2) is 0 Å². The average Bonchev–Trinajstić information content (AvgIpc) is 2.37. The summed E-state index contributed by atoms with van der Waals surface area (Å²) < 4.78 is 38.9. The third-order valence-electron chi connectivity index (χ3n) is 4.78. The third-order valence-corrected chi connectivity index (χ3v) is 4.78. The maximum atomic E-state index is 13.0. The lowest BCUT2D eigenvalue weighted by Gasteiger charge is -2.49. The molecule has 2 nitrogen and oxygen atoms in total. The molecule has 114 valence electrons. The fraction of sp³-hybridized carbons (Fsp3) is 1.00. The molecule has 0 saturated heterocycles. The van der Waals surface area contributed by atoms with E-state index in [2.05, 4.69) is 18.7 Å². The second kappa shape index (κ2) is 6.44. The Morgan fingerprint density at radius 2 is 2.05 bits per heavy atom. The second-order valence-electron chi connectivity index (χ2n) is 6.01. The molecule has 5 heteroatoms. The first-order valence-electron chi connectivity index (χ1n) is 7.26. The molecule has 1 aliphatic rings. The van der Waals surface area contributed by atoms with Gasteiger partial charge in [0, 0.05) is 18.1 Å².